The summed E-state index contributed by atoms with van der Waals surface area (Å²) < 4.78 is 20.3. The van der Waals surface area contributed by atoms with Crippen molar-refractivity contribution in [2.75, 3.05) is 26.4 Å². The van der Waals surface area contributed by atoms with Crippen LogP contribution < -0.4 is 0 Å². The lowest BCUT2D eigenvalue weighted by Gasteiger charge is -2.03. The fourth-order valence-electron chi connectivity index (χ4n) is 2.15. The summed E-state index contributed by atoms with van der Waals surface area (Å²) in [5, 5.41) is 0. The van der Waals surface area contributed by atoms with E-state index in [0.29, 0.717) is 50.4 Å². The molecule has 2 fully saturated rings. The van der Waals surface area contributed by atoms with Crippen molar-refractivity contribution in [1.82, 2.24) is 0 Å². The Kier molecular flexibility index (Phi) is 6.80. The highest BCUT2D eigenvalue weighted by molar-refractivity contribution is 5.90. The van der Waals surface area contributed by atoms with Crippen molar-refractivity contribution in [1.29, 1.82) is 0 Å². The molecule has 0 radical (unpaired) electrons. The molecule has 0 N–H and O–H groups in total. The Morgan fingerprint density at radius 2 is 1.23 bits per heavy atom. The molecular weight excluding hydrogens is 288 g/mol. The van der Waals surface area contributed by atoms with Gasteiger partial charge in [0.1, 0.15) is 0 Å². The Hall–Kier alpha value is -1.98. The summed E-state index contributed by atoms with van der Waals surface area (Å²) in [4.78, 5) is 22.3. The van der Waals surface area contributed by atoms with Gasteiger partial charge in [0.25, 0.3) is 0 Å². The summed E-state index contributed by atoms with van der Waals surface area (Å²) in [6.07, 6.45) is 8.26. The van der Waals surface area contributed by atoms with Gasteiger partial charge in [0, 0.05) is 12.8 Å². The molecule has 0 unspecified atom stereocenters. The van der Waals surface area contributed by atoms with Gasteiger partial charge in [-0.1, -0.05) is 0 Å². The van der Waals surface area contributed by atoms with Crippen LogP contribution in [0.15, 0.2) is 23.7 Å². The Labute approximate surface area is 130 Å². The van der Waals surface area contributed by atoms with Crippen molar-refractivity contribution in [3.05, 3.63) is 23.7 Å². The second-order valence-electron chi connectivity index (χ2n) is 5.21. The number of unbranched alkanes of at least 4 members (excludes halogenated alkanes) is 3. The van der Waals surface area contributed by atoms with E-state index in [0.717, 1.165) is 25.7 Å². The third kappa shape index (κ3) is 5.42. The second-order valence-corrected chi connectivity index (χ2v) is 5.21. The van der Waals surface area contributed by atoms with Crippen LogP contribution in [-0.4, -0.2) is 38.4 Å². The minimum atomic E-state index is -0.266. The number of carbonyl (C=O) groups is 2. The zero-order chi connectivity index (χ0) is 15.6. The largest absolute Gasteiger partial charge is 0.501 e. The Bertz CT molecular complexity index is 410. The topological polar surface area (TPSA) is 71.1 Å². The average molecular weight is 310 g/mol. The molecule has 0 amide bonds. The molecule has 2 rings (SSSR count). The molecule has 0 spiro atoms. The van der Waals surface area contributed by atoms with E-state index in [1.165, 1.54) is 12.5 Å². The molecule has 122 valence electrons. The predicted molar refractivity (Wildman–Crippen MR) is 77.7 cm³/mol. The van der Waals surface area contributed by atoms with Crippen LogP contribution in [0.4, 0.5) is 0 Å². The van der Waals surface area contributed by atoms with Crippen molar-refractivity contribution in [3.8, 4) is 0 Å². The van der Waals surface area contributed by atoms with Gasteiger partial charge >= 0.3 is 11.9 Å². The van der Waals surface area contributed by atoms with Gasteiger partial charge in [-0.3, -0.25) is 0 Å². The zero-order valence-corrected chi connectivity index (χ0v) is 12.7. The maximum Gasteiger partial charge on any atom is 0.337 e. The molecular formula is C16H22O6. The molecule has 0 bridgehead atoms. The van der Waals surface area contributed by atoms with Crippen molar-refractivity contribution >= 4 is 11.9 Å². The minimum Gasteiger partial charge on any atom is -0.501 e. The number of rotatable bonds is 9. The third-order valence-electron chi connectivity index (χ3n) is 3.46. The summed E-state index contributed by atoms with van der Waals surface area (Å²) in [5.74, 6) is -0.533. The quantitative estimate of drug-likeness (QED) is 0.281. The maximum atomic E-state index is 11.1. The summed E-state index contributed by atoms with van der Waals surface area (Å²) in [7, 11) is 0. The molecule has 2 heterocycles. The molecule has 2 saturated heterocycles. The predicted octanol–water partition coefficient (Wildman–Crippen LogP) is 2.24. The highest BCUT2D eigenvalue weighted by atomic mass is 16.5. The summed E-state index contributed by atoms with van der Waals surface area (Å²) in [6, 6.07) is 0. The monoisotopic (exact) mass is 310 g/mol. The van der Waals surface area contributed by atoms with E-state index in [1.54, 1.807) is 0 Å². The number of ether oxygens (including phenoxy) is 4. The summed E-state index contributed by atoms with van der Waals surface area (Å²) in [5.41, 5.74) is 1.23. The third-order valence-corrected chi connectivity index (χ3v) is 3.46. The zero-order valence-electron chi connectivity index (χ0n) is 12.7. The van der Waals surface area contributed by atoms with Crippen LogP contribution in [0.3, 0.4) is 0 Å². The molecule has 6 nitrogen and oxygen atoms in total. The van der Waals surface area contributed by atoms with Gasteiger partial charge in [-0.05, 0) is 25.7 Å². The number of hydrogen-bond donors (Lipinski definition) is 0. The average Bonchev–Trinajstić information content (AvgIpc) is 3.10. The lowest BCUT2D eigenvalue weighted by molar-refractivity contribution is -0.136. The fraction of sp³-hybridized carbons (Fsp3) is 0.625. The molecule has 2 aliphatic rings. The van der Waals surface area contributed by atoms with E-state index >= 15 is 0 Å². The van der Waals surface area contributed by atoms with Crippen molar-refractivity contribution in [2.45, 2.75) is 38.5 Å². The van der Waals surface area contributed by atoms with Crippen LogP contribution in [-0.2, 0) is 28.5 Å². The highest BCUT2D eigenvalue weighted by Crippen LogP contribution is 2.14. The molecule has 0 saturated carbocycles. The van der Waals surface area contributed by atoms with Gasteiger partial charge in [0.15, 0.2) is 0 Å². The molecule has 22 heavy (non-hydrogen) atoms. The van der Waals surface area contributed by atoms with Crippen LogP contribution in [0.2, 0.25) is 0 Å². The first kappa shape index (κ1) is 16.4. The van der Waals surface area contributed by atoms with E-state index in [-0.39, 0.29) is 11.9 Å². The number of cyclic esters (lactones) is 2. The number of esters is 2. The molecule has 0 aliphatic carbocycles. The molecule has 0 aromatic heterocycles. The van der Waals surface area contributed by atoms with Gasteiger partial charge in [0.2, 0.25) is 0 Å². The Balaban J connectivity index is 1.41. The molecule has 0 aromatic carbocycles. The van der Waals surface area contributed by atoms with Crippen LogP contribution >= 0.6 is 0 Å². The Morgan fingerprint density at radius 3 is 1.59 bits per heavy atom. The number of carbonyl (C=O) groups excluding carboxylic acids is 2. The van der Waals surface area contributed by atoms with Gasteiger partial charge in [-0.2, -0.15) is 0 Å². The van der Waals surface area contributed by atoms with Gasteiger partial charge < -0.3 is 18.9 Å². The SMILES string of the molecule is O=C1OCC/C1=C/OCCCCCCO/C=C1/CCOC1=O. The van der Waals surface area contributed by atoms with E-state index in [1.807, 2.05) is 0 Å². The van der Waals surface area contributed by atoms with Crippen molar-refractivity contribution in [3.63, 3.8) is 0 Å². The molecule has 6 heteroatoms. The lowest BCUT2D eigenvalue weighted by Crippen LogP contribution is -1.97. The fourth-order valence-corrected chi connectivity index (χ4v) is 2.15. The van der Waals surface area contributed by atoms with Crippen LogP contribution in [0.1, 0.15) is 38.5 Å². The molecule has 0 aromatic rings. The van der Waals surface area contributed by atoms with Crippen molar-refractivity contribution < 1.29 is 28.5 Å². The van der Waals surface area contributed by atoms with E-state index in [9.17, 15) is 9.59 Å². The smallest absolute Gasteiger partial charge is 0.337 e. The van der Waals surface area contributed by atoms with Crippen LogP contribution in [0, 0.1) is 0 Å². The first-order chi connectivity index (χ1) is 10.8. The van der Waals surface area contributed by atoms with E-state index < -0.39 is 0 Å². The summed E-state index contributed by atoms with van der Waals surface area (Å²) in [6.45, 7) is 2.13. The summed E-state index contributed by atoms with van der Waals surface area (Å²) >= 11 is 0. The van der Waals surface area contributed by atoms with Crippen molar-refractivity contribution in [2.24, 2.45) is 0 Å². The van der Waals surface area contributed by atoms with E-state index in [4.69, 9.17) is 18.9 Å². The lowest BCUT2D eigenvalue weighted by atomic mass is 10.2. The van der Waals surface area contributed by atoms with Gasteiger partial charge in [-0.25, -0.2) is 9.59 Å². The minimum absolute atomic E-state index is 0.266. The first-order valence-corrected chi connectivity index (χ1v) is 7.73. The van der Waals surface area contributed by atoms with Crippen LogP contribution in [0.25, 0.3) is 0 Å². The van der Waals surface area contributed by atoms with Gasteiger partial charge in [-0.15, -0.1) is 0 Å². The van der Waals surface area contributed by atoms with Gasteiger partial charge in [0.05, 0.1) is 50.1 Å². The number of hydrogen-bond acceptors (Lipinski definition) is 6. The maximum absolute atomic E-state index is 11.1. The second kappa shape index (κ2) is 9.12. The standard InChI is InChI=1S/C16H22O6/c17-15-13(5-9-21-15)11-19-7-3-1-2-4-8-20-12-14-6-10-22-16(14)18/h11-12H,1-10H2/b13-11-,14-12-. The molecule has 2 aliphatic heterocycles. The first-order valence-electron chi connectivity index (χ1n) is 7.73. The Morgan fingerprint density at radius 1 is 0.773 bits per heavy atom. The highest BCUT2D eigenvalue weighted by Gasteiger charge is 2.19. The van der Waals surface area contributed by atoms with E-state index in [2.05, 4.69) is 0 Å². The normalized spacial score (nSPS) is 21.3. The van der Waals surface area contributed by atoms with Crippen LogP contribution in [0.5, 0.6) is 0 Å². The molecule has 0 atom stereocenters.